The monoisotopic (exact) mass is 316 g/mol. The van der Waals surface area contributed by atoms with Gasteiger partial charge in [-0.15, -0.1) is 0 Å². The van der Waals surface area contributed by atoms with Crippen molar-refractivity contribution < 1.29 is 4.74 Å². The molecular formula is C22H36O. The molecule has 1 nitrogen and oxygen atoms in total. The van der Waals surface area contributed by atoms with E-state index in [1.807, 2.05) is 0 Å². The van der Waals surface area contributed by atoms with E-state index < -0.39 is 0 Å². The molecular weight excluding hydrogens is 280 g/mol. The Morgan fingerprint density at radius 2 is 1.61 bits per heavy atom. The standard InChI is InChI=1S/C22H36O/c1-12(2)19-10-14(5)15(6)21-17(8)16(7)18(9)23-11-20(13(3)4)22(19)21/h10,12-13,16-18,20H,11H2,1-9H3/t16-,17+,18-,20?/m1/s1. The van der Waals surface area contributed by atoms with E-state index in [1.54, 1.807) is 16.7 Å². The van der Waals surface area contributed by atoms with Gasteiger partial charge in [0.15, 0.2) is 0 Å². The summed E-state index contributed by atoms with van der Waals surface area (Å²) in [7, 11) is 0. The molecule has 1 aliphatic heterocycles. The molecule has 0 N–H and O–H groups in total. The van der Waals surface area contributed by atoms with E-state index in [9.17, 15) is 0 Å². The van der Waals surface area contributed by atoms with Crippen LogP contribution < -0.4 is 0 Å². The summed E-state index contributed by atoms with van der Waals surface area (Å²) < 4.78 is 6.30. The quantitative estimate of drug-likeness (QED) is 0.620. The van der Waals surface area contributed by atoms with Gasteiger partial charge in [-0.3, -0.25) is 0 Å². The first-order valence-electron chi connectivity index (χ1n) is 9.42. The first-order valence-corrected chi connectivity index (χ1v) is 9.42. The van der Waals surface area contributed by atoms with Gasteiger partial charge in [-0.1, -0.05) is 47.6 Å². The van der Waals surface area contributed by atoms with Crippen LogP contribution in [0, 0.1) is 25.7 Å². The molecule has 1 heteroatoms. The predicted octanol–water partition coefficient (Wildman–Crippen LogP) is 6.32. The van der Waals surface area contributed by atoms with Gasteiger partial charge in [-0.25, -0.2) is 0 Å². The molecule has 1 unspecified atom stereocenters. The van der Waals surface area contributed by atoms with Crippen molar-refractivity contribution in [2.45, 2.75) is 86.2 Å². The highest BCUT2D eigenvalue weighted by molar-refractivity contribution is 5.50. The molecule has 1 heterocycles. The summed E-state index contributed by atoms with van der Waals surface area (Å²) in [4.78, 5) is 0. The molecule has 0 bridgehead atoms. The van der Waals surface area contributed by atoms with Gasteiger partial charge in [0.25, 0.3) is 0 Å². The van der Waals surface area contributed by atoms with Gasteiger partial charge in [-0.05, 0) is 72.3 Å². The van der Waals surface area contributed by atoms with E-state index in [0.717, 1.165) is 6.61 Å². The van der Waals surface area contributed by atoms with E-state index in [1.165, 1.54) is 11.1 Å². The third-order valence-electron chi connectivity index (χ3n) is 6.29. The second kappa shape index (κ2) is 6.97. The Morgan fingerprint density at radius 3 is 2.13 bits per heavy atom. The van der Waals surface area contributed by atoms with Gasteiger partial charge in [0.1, 0.15) is 0 Å². The minimum atomic E-state index is 0.321. The second-order valence-electron chi connectivity index (χ2n) is 8.43. The molecule has 1 aliphatic rings. The van der Waals surface area contributed by atoms with Crippen LogP contribution in [0.1, 0.15) is 94.0 Å². The van der Waals surface area contributed by atoms with Crippen molar-refractivity contribution in [3.8, 4) is 0 Å². The summed E-state index contributed by atoms with van der Waals surface area (Å²) in [6.07, 6.45) is 0.321. The lowest BCUT2D eigenvalue weighted by Gasteiger charge is -2.39. The average Bonchev–Trinajstić information content (AvgIpc) is 2.47. The van der Waals surface area contributed by atoms with E-state index in [-0.39, 0.29) is 0 Å². The number of hydrogen-bond acceptors (Lipinski definition) is 1. The third kappa shape index (κ3) is 3.36. The van der Waals surface area contributed by atoms with E-state index in [2.05, 4.69) is 68.4 Å². The van der Waals surface area contributed by atoms with Crippen LogP contribution in [0.3, 0.4) is 0 Å². The van der Waals surface area contributed by atoms with Gasteiger partial charge in [0.2, 0.25) is 0 Å². The van der Waals surface area contributed by atoms with Gasteiger partial charge >= 0.3 is 0 Å². The molecule has 0 saturated carbocycles. The Kier molecular flexibility index (Phi) is 5.61. The molecule has 0 aromatic heterocycles. The van der Waals surface area contributed by atoms with Crippen molar-refractivity contribution >= 4 is 0 Å². The van der Waals surface area contributed by atoms with E-state index in [4.69, 9.17) is 4.74 Å². The summed E-state index contributed by atoms with van der Waals surface area (Å²) >= 11 is 0. The lowest BCUT2D eigenvalue weighted by atomic mass is 9.71. The van der Waals surface area contributed by atoms with Gasteiger partial charge < -0.3 is 4.74 Å². The Morgan fingerprint density at radius 1 is 1.00 bits per heavy atom. The second-order valence-corrected chi connectivity index (χ2v) is 8.43. The Hall–Kier alpha value is -0.820. The molecule has 0 saturated heterocycles. The molecule has 1 aromatic carbocycles. The van der Waals surface area contributed by atoms with Crippen LogP contribution in [0.15, 0.2) is 6.07 Å². The molecule has 0 aliphatic carbocycles. The summed E-state index contributed by atoms with van der Waals surface area (Å²) in [5.41, 5.74) is 7.71. The van der Waals surface area contributed by atoms with Gasteiger partial charge in [0, 0.05) is 5.92 Å². The molecule has 0 spiro atoms. The zero-order chi connectivity index (χ0) is 17.5. The maximum Gasteiger partial charge on any atom is 0.0578 e. The number of fused-ring (bicyclic) bond motifs is 1. The van der Waals surface area contributed by atoms with Crippen LogP contribution in [0.2, 0.25) is 0 Å². The van der Waals surface area contributed by atoms with Crippen molar-refractivity contribution in [1.82, 2.24) is 0 Å². The van der Waals surface area contributed by atoms with Crippen LogP contribution >= 0.6 is 0 Å². The largest absolute Gasteiger partial charge is 0.378 e. The fourth-order valence-corrected chi connectivity index (χ4v) is 4.15. The Balaban J connectivity index is 2.80. The summed E-state index contributed by atoms with van der Waals surface area (Å²) in [6.45, 7) is 21.8. The highest BCUT2D eigenvalue weighted by Gasteiger charge is 2.34. The topological polar surface area (TPSA) is 9.23 Å². The van der Waals surface area contributed by atoms with Crippen LogP contribution in [0.5, 0.6) is 0 Å². The zero-order valence-electron chi connectivity index (χ0n) is 16.7. The minimum absolute atomic E-state index is 0.321. The van der Waals surface area contributed by atoms with Crippen molar-refractivity contribution in [2.24, 2.45) is 11.8 Å². The molecule has 0 radical (unpaired) electrons. The van der Waals surface area contributed by atoms with Crippen molar-refractivity contribution in [3.63, 3.8) is 0 Å². The van der Waals surface area contributed by atoms with Crippen molar-refractivity contribution in [1.29, 1.82) is 0 Å². The first kappa shape index (κ1) is 18.5. The summed E-state index contributed by atoms with van der Waals surface area (Å²) in [5, 5.41) is 0. The fourth-order valence-electron chi connectivity index (χ4n) is 4.15. The maximum absolute atomic E-state index is 6.30. The van der Waals surface area contributed by atoms with Crippen LogP contribution in [0.4, 0.5) is 0 Å². The zero-order valence-corrected chi connectivity index (χ0v) is 16.7. The number of benzene rings is 1. The molecule has 1 aromatic rings. The minimum Gasteiger partial charge on any atom is -0.378 e. The number of aryl methyl sites for hydroxylation is 1. The third-order valence-corrected chi connectivity index (χ3v) is 6.29. The predicted molar refractivity (Wildman–Crippen MR) is 101 cm³/mol. The van der Waals surface area contributed by atoms with E-state index in [0.29, 0.717) is 35.7 Å². The molecule has 2 rings (SSSR count). The number of rotatable bonds is 2. The van der Waals surface area contributed by atoms with Gasteiger partial charge in [-0.2, -0.15) is 0 Å². The number of ether oxygens (including phenoxy) is 1. The molecule has 4 atom stereocenters. The molecule has 130 valence electrons. The SMILES string of the molecule is Cc1cc(C(C)C)c2c(c1C)[C@@H](C)[C@@H](C)[C@@H](C)OCC2C(C)C. The fraction of sp³-hybridized carbons (Fsp3) is 0.727. The van der Waals surface area contributed by atoms with Crippen LogP contribution in [-0.2, 0) is 4.74 Å². The lowest BCUT2D eigenvalue weighted by Crippen LogP contribution is -2.32. The summed E-state index contributed by atoms with van der Waals surface area (Å²) in [5.74, 6) is 2.74. The normalized spacial score (nSPS) is 28.7. The van der Waals surface area contributed by atoms with E-state index >= 15 is 0 Å². The number of hydrogen-bond donors (Lipinski definition) is 0. The molecule has 0 fully saturated rings. The molecule has 0 amide bonds. The van der Waals surface area contributed by atoms with Crippen LogP contribution in [0.25, 0.3) is 0 Å². The van der Waals surface area contributed by atoms with Gasteiger partial charge in [0.05, 0.1) is 12.7 Å². The van der Waals surface area contributed by atoms with Crippen molar-refractivity contribution in [2.75, 3.05) is 6.61 Å². The highest BCUT2D eigenvalue weighted by atomic mass is 16.5. The maximum atomic E-state index is 6.30. The smallest absolute Gasteiger partial charge is 0.0578 e. The lowest BCUT2D eigenvalue weighted by molar-refractivity contribution is 0.00410. The molecule has 23 heavy (non-hydrogen) atoms. The summed E-state index contributed by atoms with van der Waals surface area (Å²) in [6, 6.07) is 2.44. The van der Waals surface area contributed by atoms with Crippen LogP contribution in [-0.4, -0.2) is 12.7 Å². The Bertz CT molecular complexity index is 556. The first-order chi connectivity index (χ1) is 10.7. The highest BCUT2D eigenvalue weighted by Crippen LogP contribution is 2.44. The average molecular weight is 317 g/mol. The Labute approximate surface area is 143 Å². The van der Waals surface area contributed by atoms with Crippen molar-refractivity contribution in [3.05, 3.63) is 33.9 Å².